The summed E-state index contributed by atoms with van der Waals surface area (Å²) >= 11 is 0. The van der Waals surface area contributed by atoms with Gasteiger partial charge in [-0.2, -0.15) is 0 Å². The number of hydrogen-bond acceptors (Lipinski definition) is 3. The molecule has 0 saturated carbocycles. The second-order valence-electron chi connectivity index (χ2n) is 6.83. The summed E-state index contributed by atoms with van der Waals surface area (Å²) in [5.41, 5.74) is 2.39. The quantitative estimate of drug-likeness (QED) is 0.943. The van der Waals surface area contributed by atoms with Gasteiger partial charge in [0.1, 0.15) is 11.3 Å². The van der Waals surface area contributed by atoms with E-state index in [1.165, 1.54) is 19.4 Å². The molecule has 1 amide bonds. The minimum atomic E-state index is -0.0743. The Morgan fingerprint density at radius 1 is 1.43 bits per heavy atom. The van der Waals surface area contributed by atoms with E-state index in [1.54, 1.807) is 0 Å². The predicted octanol–water partition coefficient (Wildman–Crippen LogP) is 2.49. The van der Waals surface area contributed by atoms with Crippen molar-refractivity contribution in [2.75, 3.05) is 19.6 Å². The SMILES string of the molecule is Cc1cccc2nc(C(=O)NC[C@H]3CCCN(C(C)C)C3)cn12. The maximum Gasteiger partial charge on any atom is 0.271 e. The zero-order valence-electron chi connectivity index (χ0n) is 14.2. The van der Waals surface area contributed by atoms with E-state index in [0.29, 0.717) is 17.7 Å². The van der Waals surface area contributed by atoms with Crippen LogP contribution < -0.4 is 5.32 Å². The number of amides is 1. The van der Waals surface area contributed by atoms with Crippen LogP contribution in [0.25, 0.3) is 5.65 Å². The van der Waals surface area contributed by atoms with Gasteiger partial charge in [-0.25, -0.2) is 4.98 Å². The minimum absolute atomic E-state index is 0.0743. The first-order chi connectivity index (χ1) is 11.0. The molecule has 0 aromatic carbocycles. The molecule has 2 aromatic heterocycles. The normalized spacial score (nSPS) is 19.4. The number of imidazole rings is 1. The van der Waals surface area contributed by atoms with E-state index in [2.05, 4.69) is 29.0 Å². The number of nitrogens with zero attached hydrogens (tertiary/aromatic N) is 3. The average molecular weight is 314 g/mol. The van der Waals surface area contributed by atoms with Crippen LogP contribution in [-0.4, -0.2) is 45.9 Å². The number of aryl methyl sites for hydroxylation is 1. The fourth-order valence-electron chi connectivity index (χ4n) is 3.32. The zero-order valence-corrected chi connectivity index (χ0v) is 14.2. The van der Waals surface area contributed by atoms with E-state index >= 15 is 0 Å². The Morgan fingerprint density at radius 2 is 2.26 bits per heavy atom. The second kappa shape index (κ2) is 6.71. The summed E-state index contributed by atoms with van der Waals surface area (Å²) in [5, 5.41) is 3.07. The number of rotatable bonds is 4. The molecular weight excluding hydrogens is 288 g/mol. The highest BCUT2D eigenvalue weighted by Gasteiger charge is 2.22. The third-order valence-corrected chi connectivity index (χ3v) is 4.76. The van der Waals surface area contributed by atoms with Gasteiger partial charge in [-0.05, 0) is 58.2 Å². The molecule has 0 spiro atoms. The number of nitrogens with one attached hydrogen (secondary N) is 1. The summed E-state index contributed by atoms with van der Waals surface area (Å²) in [5.74, 6) is 0.462. The van der Waals surface area contributed by atoms with Gasteiger partial charge in [0, 0.05) is 31.0 Å². The highest BCUT2D eigenvalue weighted by molar-refractivity contribution is 5.92. The number of fused-ring (bicyclic) bond motifs is 1. The lowest BCUT2D eigenvalue weighted by atomic mass is 9.97. The van der Waals surface area contributed by atoms with E-state index in [4.69, 9.17) is 0 Å². The van der Waals surface area contributed by atoms with Crippen LogP contribution in [0.1, 0.15) is 42.9 Å². The van der Waals surface area contributed by atoms with Gasteiger partial charge in [-0.15, -0.1) is 0 Å². The van der Waals surface area contributed by atoms with Crippen molar-refractivity contribution in [1.29, 1.82) is 0 Å². The molecule has 1 saturated heterocycles. The van der Waals surface area contributed by atoms with Crippen LogP contribution in [-0.2, 0) is 0 Å². The van der Waals surface area contributed by atoms with Crippen molar-refractivity contribution in [2.45, 2.75) is 39.7 Å². The van der Waals surface area contributed by atoms with E-state index < -0.39 is 0 Å². The van der Waals surface area contributed by atoms with Crippen molar-refractivity contribution in [2.24, 2.45) is 5.92 Å². The topological polar surface area (TPSA) is 49.6 Å². The molecule has 23 heavy (non-hydrogen) atoms. The van der Waals surface area contributed by atoms with E-state index in [-0.39, 0.29) is 5.91 Å². The molecule has 1 aliphatic rings. The predicted molar refractivity (Wildman–Crippen MR) is 91.7 cm³/mol. The Balaban J connectivity index is 1.61. The lowest BCUT2D eigenvalue weighted by Crippen LogP contribution is -2.43. The summed E-state index contributed by atoms with van der Waals surface area (Å²) in [6.45, 7) is 9.46. The third-order valence-electron chi connectivity index (χ3n) is 4.76. The van der Waals surface area contributed by atoms with Gasteiger partial charge in [0.15, 0.2) is 0 Å². The number of hydrogen-bond donors (Lipinski definition) is 1. The third kappa shape index (κ3) is 3.55. The van der Waals surface area contributed by atoms with Crippen molar-refractivity contribution in [3.8, 4) is 0 Å². The first-order valence-electron chi connectivity index (χ1n) is 8.51. The lowest BCUT2D eigenvalue weighted by molar-refractivity contribution is 0.0918. The molecule has 0 bridgehead atoms. The Labute approximate surface area is 137 Å². The van der Waals surface area contributed by atoms with Crippen LogP contribution in [0.4, 0.5) is 0 Å². The fourth-order valence-corrected chi connectivity index (χ4v) is 3.32. The van der Waals surface area contributed by atoms with Gasteiger partial charge in [-0.3, -0.25) is 4.79 Å². The van der Waals surface area contributed by atoms with Crippen LogP contribution in [0.15, 0.2) is 24.4 Å². The lowest BCUT2D eigenvalue weighted by Gasteiger charge is -2.35. The summed E-state index contributed by atoms with van der Waals surface area (Å²) < 4.78 is 1.95. The first kappa shape index (κ1) is 16.0. The number of pyridine rings is 1. The molecule has 124 valence electrons. The number of likely N-dealkylation sites (tertiary alicyclic amines) is 1. The molecule has 1 atom stereocenters. The maximum atomic E-state index is 12.4. The molecular formula is C18H26N4O. The molecule has 2 aromatic rings. The Kier molecular flexibility index (Phi) is 4.66. The molecule has 3 rings (SSSR count). The summed E-state index contributed by atoms with van der Waals surface area (Å²) in [4.78, 5) is 19.3. The monoisotopic (exact) mass is 314 g/mol. The van der Waals surface area contributed by atoms with Crippen molar-refractivity contribution in [1.82, 2.24) is 19.6 Å². The fraction of sp³-hybridized carbons (Fsp3) is 0.556. The number of aromatic nitrogens is 2. The molecule has 5 nitrogen and oxygen atoms in total. The van der Waals surface area contributed by atoms with Gasteiger partial charge in [0.05, 0.1) is 0 Å². The number of carbonyl (C=O) groups excluding carboxylic acids is 1. The van der Waals surface area contributed by atoms with Crippen LogP contribution in [0.3, 0.4) is 0 Å². The maximum absolute atomic E-state index is 12.4. The smallest absolute Gasteiger partial charge is 0.271 e. The van der Waals surface area contributed by atoms with Crippen molar-refractivity contribution in [3.63, 3.8) is 0 Å². The van der Waals surface area contributed by atoms with Crippen molar-refractivity contribution < 1.29 is 4.79 Å². The Hall–Kier alpha value is -1.88. The van der Waals surface area contributed by atoms with E-state index in [0.717, 1.165) is 24.4 Å². The second-order valence-corrected chi connectivity index (χ2v) is 6.83. The summed E-state index contributed by atoms with van der Waals surface area (Å²) in [6, 6.07) is 6.47. The summed E-state index contributed by atoms with van der Waals surface area (Å²) in [6.07, 6.45) is 4.22. The van der Waals surface area contributed by atoms with Gasteiger partial charge >= 0.3 is 0 Å². The highest BCUT2D eigenvalue weighted by Crippen LogP contribution is 2.18. The molecule has 3 heterocycles. The van der Waals surface area contributed by atoms with Gasteiger partial charge in [0.2, 0.25) is 0 Å². The highest BCUT2D eigenvalue weighted by atomic mass is 16.1. The van der Waals surface area contributed by atoms with Crippen LogP contribution >= 0.6 is 0 Å². The molecule has 0 unspecified atom stereocenters. The molecule has 1 fully saturated rings. The average Bonchev–Trinajstić information content (AvgIpc) is 2.98. The zero-order chi connectivity index (χ0) is 16.4. The van der Waals surface area contributed by atoms with Crippen LogP contribution in [0.5, 0.6) is 0 Å². The molecule has 1 aliphatic heterocycles. The van der Waals surface area contributed by atoms with Crippen molar-refractivity contribution >= 4 is 11.6 Å². The van der Waals surface area contributed by atoms with Gasteiger partial charge in [0.25, 0.3) is 5.91 Å². The Bertz CT molecular complexity index is 691. The first-order valence-corrected chi connectivity index (χ1v) is 8.51. The van der Waals surface area contributed by atoms with E-state index in [9.17, 15) is 4.79 Å². The molecule has 1 N–H and O–H groups in total. The largest absolute Gasteiger partial charge is 0.350 e. The molecule has 0 aliphatic carbocycles. The minimum Gasteiger partial charge on any atom is -0.350 e. The molecule has 5 heteroatoms. The van der Waals surface area contributed by atoms with Crippen LogP contribution in [0.2, 0.25) is 0 Å². The van der Waals surface area contributed by atoms with Crippen LogP contribution in [0, 0.1) is 12.8 Å². The summed E-state index contributed by atoms with van der Waals surface area (Å²) in [7, 11) is 0. The number of piperidine rings is 1. The number of carbonyl (C=O) groups is 1. The van der Waals surface area contributed by atoms with Gasteiger partial charge in [-0.1, -0.05) is 6.07 Å². The van der Waals surface area contributed by atoms with E-state index in [1.807, 2.05) is 35.7 Å². The van der Waals surface area contributed by atoms with Gasteiger partial charge < -0.3 is 14.6 Å². The standard InChI is InChI=1S/C18H26N4O/c1-13(2)21-9-5-7-15(11-21)10-19-18(23)16-12-22-14(3)6-4-8-17(22)20-16/h4,6,8,12-13,15H,5,7,9-11H2,1-3H3,(H,19,23)/t15-/m1/s1. The Morgan fingerprint density at radius 3 is 3.00 bits per heavy atom. The molecule has 0 radical (unpaired) electrons. The van der Waals surface area contributed by atoms with Crippen molar-refractivity contribution in [3.05, 3.63) is 35.8 Å².